The maximum absolute atomic E-state index is 11.7. The molecule has 1 aromatic rings. The molecule has 0 saturated heterocycles. The summed E-state index contributed by atoms with van der Waals surface area (Å²) in [5.74, 6) is -2.19. The first-order valence-electron chi connectivity index (χ1n) is 6.11. The third-order valence-corrected chi connectivity index (χ3v) is 3.76. The SMILES string of the molecule is NC(Cc1ccccc1)C(=O)NCCC(O)P(=O)(O)O. The minimum absolute atomic E-state index is 0.0480. The topological polar surface area (TPSA) is 133 Å². The summed E-state index contributed by atoms with van der Waals surface area (Å²) in [6, 6.07) is 8.50. The Morgan fingerprint density at radius 2 is 1.90 bits per heavy atom. The molecule has 2 unspecified atom stereocenters. The summed E-state index contributed by atoms with van der Waals surface area (Å²) < 4.78 is 10.7. The lowest BCUT2D eigenvalue weighted by Crippen LogP contribution is -2.42. The van der Waals surface area contributed by atoms with Crippen molar-refractivity contribution in [3.63, 3.8) is 0 Å². The first-order chi connectivity index (χ1) is 9.30. The van der Waals surface area contributed by atoms with Crippen molar-refractivity contribution in [1.29, 1.82) is 0 Å². The van der Waals surface area contributed by atoms with Crippen LogP contribution in [0.2, 0.25) is 0 Å². The van der Waals surface area contributed by atoms with E-state index in [1.165, 1.54) is 0 Å². The molecule has 1 amide bonds. The van der Waals surface area contributed by atoms with Crippen LogP contribution in [0, 0.1) is 0 Å². The maximum Gasteiger partial charge on any atom is 0.353 e. The highest BCUT2D eigenvalue weighted by Crippen LogP contribution is 2.40. The molecule has 112 valence electrons. The molecule has 0 saturated carbocycles. The Hall–Kier alpha value is -1.24. The van der Waals surface area contributed by atoms with Crippen LogP contribution < -0.4 is 11.1 Å². The van der Waals surface area contributed by atoms with Gasteiger partial charge in [-0.1, -0.05) is 30.3 Å². The summed E-state index contributed by atoms with van der Waals surface area (Å²) in [6.45, 7) is -0.0480. The zero-order valence-electron chi connectivity index (χ0n) is 10.8. The minimum Gasteiger partial charge on any atom is -0.380 e. The van der Waals surface area contributed by atoms with Crippen molar-refractivity contribution in [3.8, 4) is 0 Å². The number of aliphatic hydroxyl groups excluding tert-OH is 1. The summed E-state index contributed by atoms with van der Waals surface area (Å²) in [7, 11) is -4.52. The first kappa shape index (κ1) is 16.8. The molecule has 2 atom stereocenters. The smallest absolute Gasteiger partial charge is 0.353 e. The molecular weight excluding hydrogens is 283 g/mol. The van der Waals surface area contributed by atoms with Crippen molar-refractivity contribution in [1.82, 2.24) is 5.32 Å². The standard InChI is InChI=1S/C12H19N2O5P/c13-10(8-9-4-2-1-3-5-9)12(16)14-7-6-11(15)20(17,18)19/h1-5,10-11,15H,6-8,13H2,(H,14,16)(H2,17,18,19). The predicted molar refractivity (Wildman–Crippen MR) is 73.8 cm³/mol. The monoisotopic (exact) mass is 302 g/mol. The van der Waals surface area contributed by atoms with E-state index < -0.39 is 25.4 Å². The Balaban J connectivity index is 2.34. The number of nitrogens with two attached hydrogens (primary N) is 1. The van der Waals surface area contributed by atoms with E-state index in [0.29, 0.717) is 6.42 Å². The molecule has 0 aromatic heterocycles. The van der Waals surface area contributed by atoms with Gasteiger partial charge in [-0.3, -0.25) is 9.36 Å². The fourth-order valence-corrected chi connectivity index (χ4v) is 2.05. The highest BCUT2D eigenvalue weighted by molar-refractivity contribution is 7.52. The van der Waals surface area contributed by atoms with E-state index in [2.05, 4.69) is 5.32 Å². The van der Waals surface area contributed by atoms with Crippen molar-refractivity contribution in [2.45, 2.75) is 24.7 Å². The van der Waals surface area contributed by atoms with Gasteiger partial charge in [0, 0.05) is 13.0 Å². The molecule has 0 radical (unpaired) electrons. The van der Waals surface area contributed by atoms with Gasteiger partial charge >= 0.3 is 7.60 Å². The van der Waals surface area contributed by atoms with Crippen LogP contribution in [0.4, 0.5) is 0 Å². The number of rotatable bonds is 7. The van der Waals surface area contributed by atoms with Crippen LogP contribution in [0.25, 0.3) is 0 Å². The van der Waals surface area contributed by atoms with Crippen LogP contribution in [0.3, 0.4) is 0 Å². The average molecular weight is 302 g/mol. The average Bonchev–Trinajstić information content (AvgIpc) is 2.38. The van der Waals surface area contributed by atoms with Gasteiger partial charge in [0.05, 0.1) is 6.04 Å². The van der Waals surface area contributed by atoms with Crippen LogP contribution >= 0.6 is 7.60 Å². The Labute approximate surface area is 117 Å². The second-order valence-electron chi connectivity index (χ2n) is 4.45. The maximum atomic E-state index is 11.7. The molecule has 0 fully saturated rings. The largest absolute Gasteiger partial charge is 0.380 e. The number of hydrogen-bond donors (Lipinski definition) is 5. The molecule has 7 nitrogen and oxygen atoms in total. The molecular formula is C12H19N2O5P. The second-order valence-corrected chi connectivity index (χ2v) is 6.22. The highest BCUT2D eigenvalue weighted by atomic mass is 31.2. The fourth-order valence-electron chi connectivity index (χ4n) is 1.58. The van der Waals surface area contributed by atoms with Gasteiger partial charge in [0.15, 0.2) is 5.85 Å². The highest BCUT2D eigenvalue weighted by Gasteiger charge is 2.25. The molecule has 0 heterocycles. The van der Waals surface area contributed by atoms with Gasteiger partial charge in [0.1, 0.15) is 0 Å². The molecule has 6 N–H and O–H groups in total. The van der Waals surface area contributed by atoms with Gasteiger partial charge in [-0.2, -0.15) is 0 Å². The zero-order chi connectivity index (χ0) is 15.2. The predicted octanol–water partition coefficient (Wildman–Crippen LogP) is -0.441. The van der Waals surface area contributed by atoms with Gasteiger partial charge < -0.3 is 25.9 Å². The van der Waals surface area contributed by atoms with Gasteiger partial charge in [-0.05, 0) is 12.0 Å². The van der Waals surface area contributed by atoms with E-state index in [1.807, 2.05) is 30.3 Å². The fraction of sp³-hybridized carbons (Fsp3) is 0.417. The van der Waals surface area contributed by atoms with E-state index in [1.54, 1.807) is 0 Å². The number of aliphatic hydroxyl groups is 1. The van der Waals surface area contributed by atoms with Crippen molar-refractivity contribution in [3.05, 3.63) is 35.9 Å². The van der Waals surface area contributed by atoms with Crippen molar-refractivity contribution < 1.29 is 24.3 Å². The van der Waals surface area contributed by atoms with E-state index in [0.717, 1.165) is 5.56 Å². The van der Waals surface area contributed by atoms with Gasteiger partial charge in [-0.15, -0.1) is 0 Å². The molecule has 0 bridgehead atoms. The third-order valence-electron chi connectivity index (χ3n) is 2.73. The summed E-state index contributed by atoms with van der Waals surface area (Å²) in [5, 5.41) is 11.6. The summed E-state index contributed by atoms with van der Waals surface area (Å²) >= 11 is 0. The lowest BCUT2D eigenvalue weighted by atomic mass is 10.1. The van der Waals surface area contributed by atoms with Crippen molar-refractivity contribution in [2.75, 3.05) is 6.54 Å². The summed E-state index contributed by atoms with van der Waals surface area (Å²) in [4.78, 5) is 29.0. The van der Waals surface area contributed by atoms with Gasteiger partial charge in [0.2, 0.25) is 5.91 Å². The molecule has 1 aromatic carbocycles. The Kier molecular flexibility index (Phi) is 6.32. The molecule has 8 heteroatoms. The van der Waals surface area contributed by atoms with Crippen LogP contribution in [-0.4, -0.2) is 39.2 Å². The van der Waals surface area contributed by atoms with E-state index in [4.69, 9.17) is 20.6 Å². The van der Waals surface area contributed by atoms with E-state index in [-0.39, 0.29) is 13.0 Å². The van der Waals surface area contributed by atoms with Gasteiger partial charge in [0.25, 0.3) is 0 Å². The van der Waals surface area contributed by atoms with Crippen molar-refractivity contribution >= 4 is 13.5 Å². The quantitative estimate of drug-likeness (QED) is 0.434. The lowest BCUT2D eigenvalue weighted by molar-refractivity contribution is -0.122. The van der Waals surface area contributed by atoms with Gasteiger partial charge in [-0.25, -0.2) is 0 Å². The number of carbonyl (C=O) groups excluding carboxylic acids is 1. The Bertz CT molecular complexity index is 476. The van der Waals surface area contributed by atoms with Crippen LogP contribution in [0.1, 0.15) is 12.0 Å². The molecule has 1 rings (SSSR count). The molecule has 0 spiro atoms. The molecule has 20 heavy (non-hydrogen) atoms. The number of amides is 1. The zero-order valence-corrected chi connectivity index (χ0v) is 11.7. The molecule has 0 aliphatic heterocycles. The van der Waals surface area contributed by atoms with Crippen LogP contribution in [0.5, 0.6) is 0 Å². The third kappa shape index (κ3) is 5.81. The molecule has 0 aliphatic carbocycles. The number of benzene rings is 1. The summed E-state index contributed by atoms with van der Waals surface area (Å²) in [5.41, 5.74) is 6.65. The lowest BCUT2D eigenvalue weighted by Gasteiger charge is -2.15. The normalized spacial score (nSPS) is 14.6. The van der Waals surface area contributed by atoms with E-state index in [9.17, 15) is 9.36 Å². The number of carbonyl (C=O) groups is 1. The van der Waals surface area contributed by atoms with Crippen LogP contribution in [-0.2, 0) is 15.8 Å². The van der Waals surface area contributed by atoms with Crippen LogP contribution in [0.15, 0.2) is 30.3 Å². The first-order valence-corrected chi connectivity index (χ1v) is 7.79. The minimum atomic E-state index is -4.52. The van der Waals surface area contributed by atoms with Crippen molar-refractivity contribution in [2.24, 2.45) is 5.73 Å². The number of hydrogen-bond acceptors (Lipinski definition) is 4. The Morgan fingerprint density at radius 3 is 2.45 bits per heavy atom. The molecule has 0 aliphatic rings. The summed E-state index contributed by atoms with van der Waals surface area (Å²) in [6.07, 6.45) is 0.141. The second kappa shape index (κ2) is 7.52. The van der Waals surface area contributed by atoms with E-state index >= 15 is 0 Å². The number of nitrogens with one attached hydrogen (secondary N) is 1. The Morgan fingerprint density at radius 1 is 1.30 bits per heavy atom.